The summed E-state index contributed by atoms with van der Waals surface area (Å²) in [4.78, 5) is 0. The van der Waals surface area contributed by atoms with Gasteiger partial charge in [0.15, 0.2) is 0 Å². The molecular formula is C8H10N4. The van der Waals surface area contributed by atoms with Crippen LogP contribution in [0, 0.1) is 11.3 Å². The highest BCUT2D eigenvalue weighted by Gasteiger charge is 2.24. The van der Waals surface area contributed by atoms with Gasteiger partial charge in [0.05, 0.1) is 23.4 Å². The van der Waals surface area contributed by atoms with Crippen LogP contribution in [0.4, 0.5) is 0 Å². The first kappa shape index (κ1) is 7.29. The molecule has 2 rings (SSSR count). The lowest BCUT2D eigenvalue weighted by atomic mass is 9.91. The topological polar surface area (TPSA) is 54.5 Å². The third-order valence-corrected chi connectivity index (χ3v) is 2.34. The summed E-state index contributed by atoms with van der Waals surface area (Å²) >= 11 is 0. The Hall–Kier alpha value is -1.37. The Morgan fingerprint density at radius 3 is 3.25 bits per heavy atom. The number of fused-ring (bicyclic) bond motifs is 1. The average molecular weight is 162 g/mol. The van der Waals surface area contributed by atoms with E-state index in [4.69, 9.17) is 5.26 Å². The van der Waals surface area contributed by atoms with Crippen molar-refractivity contribution in [2.75, 3.05) is 0 Å². The fraction of sp³-hybridized carbons (Fsp3) is 0.625. The molecular weight excluding hydrogens is 152 g/mol. The van der Waals surface area contributed by atoms with Crippen molar-refractivity contribution in [2.45, 2.75) is 25.2 Å². The van der Waals surface area contributed by atoms with Crippen LogP contribution in [0.25, 0.3) is 0 Å². The van der Waals surface area contributed by atoms with Crippen molar-refractivity contribution in [3.63, 3.8) is 0 Å². The SMILES string of the molecule is Cn1nnc2c1C(C#N)CCC2. The van der Waals surface area contributed by atoms with E-state index in [0.717, 1.165) is 30.7 Å². The first-order chi connectivity index (χ1) is 5.83. The Kier molecular flexibility index (Phi) is 1.58. The molecule has 0 bridgehead atoms. The van der Waals surface area contributed by atoms with Gasteiger partial charge in [-0.1, -0.05) is 5.21 Å². The van der Waals surface area contributed by atoms with Crippen LogP contribution in [-0.2, 0) is 13.5 Å². The lowest BCUT2D eigenvalue weighted by Crippen LogP contribution is -2.11. The number of nitriles is 1. The van der Waals surface area contributed by atoms with E-state index in [1.807, 2.05) is 7.05 Å². The van der Waals surface area contributed by atoms with Crippen molar-refractivity contribution in [1.82, 2.24) is 15.0 Å². The second-order valence-electron chi connectivity index (χ2n) is 3.12. The lowest BCUT2D eigenvalue weighted by molar-refractivity contribution is 0.584. The fourth-order valence-corrected chi connectivity index (χ4v) is 1.75. The van der Waals surface area contributed by atoms with Gasteiger partial charge in [-0.05, 0) is 19.3 Å². The number of nitrogens with zero attached hydrogens (tertiary/aromatic N) is 4. The van der Waals surface area contributed by atoms with Gasteiger partial charge in [-0.25, -0.2) is 0 Å². The fourth-order valence-electron chi connectivity index (χ4n) is 1.75. The van der Waals surface area contributed by atoms with E-state index in [9.17, 15) is 0 Å². The molecule has 1 aliphatic rings. The van der Waals surface area contributed by atoms with E-state index in [1.165, 1.54) is 0 Å². The highest BCUT2D eigenvalue weighted by Crippen LogP contribution is 2.28. The molecule has 4 nitrogen and oxygen atoms in total. The lowest BCUT2D eigenvalue weighted by Gasteiger charge is -2.15. The maximum Gasteiger partial charge on any atom is 0.0900 e. The summed E-state index contributed by atoms with van der Waals surface area (Å²) in [6.45, 7) is 0. The Morgan fingerprint density at radius 1 is 1.67 bits per heavy atom. The molecule has 62 valence electrons. The van der Waals surface area contributed by atoms with Crippen LogP contribution in [0.15, 0.2) is 0 Å². The summed E-state index contributed by atoms with van der Waals surface area (Å²) in [6.07, 6.45) is 2.98. The quantitative estimate of drug-likeness (QED) is 0.566. The molecule has 0 aliphatic heterocycles. The Balaban J connectivity index is 2.49. The second kappa shape index (κ2) is 2.59. The summed E-state index contributed by atoms with van der Waals surface area (Å²) in [6, 6.07) is 2.29. The van der Waals surface area contributed by atoms with E-state index >= 15 is 0 Å². The van der Waals surface area contributed by atoms with Crippen molar-refractivity contribution in [2.24, 2.45) is 7.05 Å². The summed E-state index contributed by atoms with van der Waals surface area (Å²) in [5, 5.41) is 16.8. The average Bonchev–Trinajstić information content (AvgIpc) is 2.48. The van der Waals surface area contributed by atoms with E-state index in [1.54, 1.807) is 4.68 Å². The van der Waals surface area contributed by atoms with Gasteiger partial charge in [0.25, 0.3) is 0 Å². The molecule has 1 atom stereocenters. The van der Waals surface area contributed by atoms with E-state index in [2.05, 4.69) is 16.4 Å². The molecule has 0 spiro atoms. The summed E-state index contributed by atoms with van der Waals surface area (Å²) in [5.74, 6) is 0.00810. The monoisotopic (exact) mass is 162 g/mol. The molecule has 0 saturated heterocycles. The molecule has 1 aliphatic carbocycles. The molecule has 1 aromatic rings. The summed E-state index contributed by atoms with van der Waals surface area (Å²) in [7, 11) is 1.85. The van der Waals surface area contributed by atoms with Crippen LogP contribution in [0.1, 0.15) is 30.1 Å². The van der Waals surface area contributed by atoms with E-state index in [0.29, 0.717) is 0 Å². The van der Waals surface area contributed by atoms with Crippen LogP contribution in [0.5, 0.6) is 0 Å². The first-order valence-corrected chi connectivity index (χ1v) is 4.11. The summed E-state index contributed by atoms with van der Waals surface area (Å²) < 4.78 is 1.72. The molecule has 0 radical (unpaired) electrons. The molecule has 0 N–H and O–H groups in total. The van der Waals surface area contributed by atoms with Crippen LogP contribution in [-0.4, -0.2) is 15.0 Å². The predicted molar refractivity (Wildman–Crippen MR) is 42.3 cm³/mol. The minimum atomic E-state index is 0.00810. The zero-order valence-corrected chi connectivity index (χ0v) is 6.99. The van der Waals surface area contributed by atoms with Crippen LogP contribution >= 0.6 is 0 Å². The maximum absolute atomic E-state index is 8.86. The minimum absolute atomic E-state index is 0.00810. The largest absolute Gasteiger partial charge is 0.251 e. The smallest absolute Gasteiger partial charge is 0.0900 e. The third kappa shape index (κ3) is 0.900. The van der Waals surface area contributed by atoms with Crippen molar-refractivity contribution in [1.29, 1.82) is 5.26 Å². The molecule has 0 aromatic carbocycles. The Labute approximate surface area is 70.8 Å². The van der Waals surface area contributed by atoms with Crippen LogP contribution in [0.3, 0.4) is 0 Å². The van der Waals surface area contributed by atoms with Gasteiger partial charge in [-0.3, -0.25) is 4.68 Å². The molecule has 4 heteroatoms. The van der Waals surface area contributed by atoms with Crippen molar-refractivity contribution < 1.29 is 0 Å². The molecule has 1 unspecified atom stereocenters. The van der Waals surface area contributed by atoms with Gasteiger partial charge < -0.3 is 0 Å². The normalized spacial score (nSPS) is 21.5. The van der Waals surface area contributed by atoms with Crippen LogP contribution < -0.4 is 0 Å². The predicted octanol–water partition coefficient (Wildman–Crippen LogP) is 0.759. The Bertz CT molecular complexity index is 333. The summed E-state index contributed by atoms with van der Waals surface area (Å²) in [5.41, 5.74) is 2.03. The number of hydrogen-bond acceptors (Lipinski definition) is 3. The number of hydrogen-bond donors (Lipinski definition) is 0. The second-order valence-corrected chi connectivity index (χ2v) is 3.12. The molecule has 12 heavy (non-hydrogen) atoms. The van der Waals surface area contributed by atoms with Gasteiger partial charge in [0, 0.05) is 7.05 Å². The third-order valence-electron chi connectivity index (χ3n) is 2.34. The van der Waals surface area contributed by atoms with Crippen molar-refractivity contribution >= 4 is 0 Å². The molecule has 1 heterocycles. The molecule has 0 amide bonds. The van der Waals surface area contributed by atoms with E-state index in [-0.39, 0.29) is 5.92 Å². The Morgan fingerprint density at radius 2 is 2.50 bits per heavy atom. The van der Waals surface area contributed by atoms with Gasteiger partial charge in [0.2, 0.25) is 0 Å². The molecule has 0 fully saturated rings. The first-order valence-electron chi connectivity index (χ1n) is 4.11. The van der Waals surface area contributed by atoms with Crippen LogP contribution in [0.2, 0.25) is 0 Å². The van der Waals surface area contributed by atoms with E-state index < -0.39 is 0 Å². The molecule has 1 aromatic heterocycles. The van der Waals surface area contributed by atoms with Gasteiger partial charge in [0.1, 0.15) is 0 Å². The zero-order valence-electron chi connectivity index (χ0n) is 6.99. The molecule has 0 saturated carbocycles. The number of aryl methyl sites for hydroxylation is 2. The number of rotatable bonds is 0. The highest BCUT2D eigenvalue weighted by atomic mass is 15.4. The van der Waals surface area contributed by atoms with Gasteiger partial charge >= 0.3 is 0 Å². The highest BCUT2D eigenvalue weighted by molar-refractivity contribution is 5.24. The zero-order chi connectivity index (χ0) is 8.55. The minimum Gasteiger partial charge on any atom is -0.251 e. The van der Waals surface area contributed by atoms with Gasteiger partial charge in [-0.15, -0.1) is 5.10 Å². The standard InChI is InChI=1S/C8H10N4/c1-12-8-6(5-9)3-2-4-7(8)10-11-12/h6H,2-4H2,1H3. The number of aromatic nitrogens is 3. The van der Waals surface area contributed by atoms with Crippen molar-refractivity contribution in [3.8, 4) is 6.07 Å². The maximum atomic E-state index is 8.86. The van der Waals surface area contributed by atoms with Gasteiger partial charge in [-0.2, -0.15) is 5.26 Å². The van der Waals surface area contributed by atoms with Crippen molar-refractivity contribution in [3.05, 3.63) is 11.4 Å².